The summed E-state index contributed by atoms with van der Waals surface area (Å²) in [6.45, 7) is 8.37. The number of rotatable bonds is 8. The molecule has 0 aliphatic heterocycles. The van der Waals surface area contributed by atoms with Gasteiger partial charge in [-0.1, -0.05) is 12.2 Å². The molecule has 0 unspecified atom stereocenters. The first-order valence-electron chi connectivity index (χ1n) is 4.71. The van der Waals surface area contributed by atoms with Gasteiger partial charge in [-0.3, -0.25) is 4.90 Å². The van der Waals surface area contributed by atoms with Crippen LogP contribution >= 0.6 is 0 Å². The highest BCUT2D eigenvalue weighted by Crippen LogP contribution is 2.11. The fourth-order valence-corrected chi connectivity index (χ4v) is 1.09. The lowest BCUT2D eigenvalue weighted by Crippen LogP contribution is -2.36. The molecule has 0 saturated heterocycles. The zero-order chi connectivity index (χ0) is 11.7. The molecule has 0 atom stereocenters. The largest absolute Gasteiger partial charge is 0.401 e. The molecule has 0 aromatic heterocycles. The van der Waals surface area contributed by atoms with Gasteiger partial charge in [0.05, 0.1) is 6.54 Å². The quantitative estimate of drug-likeness (QED) is 0.498. The van der Waals surface area contributed by atoms with Crippen molar-refractivity contribution in [3.8, 4) is 0 Å². The number of hydrogen-bond donors (Lipinski definition) is 1. The maximum atomic E-state index is 11.8. The van der Waals surface area contributed by atoms with Gasteiger partial charge in [0, 0.05) is 26.2 Å². The van der Waals surface area contributed by atoms with Gasteiger partial charge in [0.1, 0.15) is 0 Å². The molecule has 2 nitrogen and oxygen atoms in total. The molecule has 0 aliphatic rings. The Kier molecular flexibility index (Phi) is 7.07. The predicted molar refractivity (Wildman–Crippen MR) is 55.8 cm³/mol. The molecule has 0 fully saturated rings. The maximum absolute atomic E-state index is 11.8. The zero-order valence-electron chi connectivity index (χ0n) is 8.69. The van der Waals surface area contributed by atoms with E-state index in [2.05, 4.69) is 18.5 Å². The summed E-state index contributed by atoms with van der Waals surface area (Å²) in [7, 11) is 0. The third-order valence-electron chi connectivity index (χ3n) is 1.70. The topological polar surface area (TPSA) is 15.3 Å². The van der Waals surface area contributed by atoms with E-state index in [1.54, 1.807) is 12.2 Å². The maximum Gasteiger partial charge on any atom is 0.401 e. The smallest absolute Gasteiger partial charge is 0.307 e. The fraction of sp³-hybridized carbons (Fsp3) is 0.600. The van der Waals surface area contributed by atoms with Crippen molar-refractivity contribution in [2.45, 2.75) is 6.18 Å². The first-order chi connectivity index (χ1) is 6.99. The summed E-state index contributed by atoms with van der Waals surface area (Å²) in [6.07, 6.45) is -0.706. The van der Waals surface area contributed by atoms with Crippen molar-refractivity contribution in [3.05, 3.63) is 25.3 Å². The standard InChI is InChI=1S/C10H17F3N2/c1-3-6-15(7-4-2)8-5-14-9-10(11,12)13/h3-4,14H,1-2,5-9H2. The second kappa shape index (κ2) is 7.48. The Balaban J connectivity index is 3.61. The van der Waals surface area contributed by atoms with Crippen LogP contribution in [0.5, 0.6) is 0 Å². The van der Waals surface area contributed by atoms with Gasteiger partial charge in [0.25, 0.3) is 0 Å². The van der Waals surface area contributed by atoms with Crippen molar-refractivity contribution in [2.75, 3.05) is 32.7 Å². The van der Waals surface area contributed by atoms with Crippen molar-refractivity contribution >= 4 is 0 Å². The molecule has 5 heteroatoms. The van der Waals surface area contributed by atoms with Crippen molar-refractivity contribution in [1.29, 1.82) is 0 Å². The van der Waals surface area contributed by atoms with E-state index in [1.165, 1.54) is 0 Å². The van der Waals surface area contributed by atoms with Crippen LogP contribution in [0.1, 0.15) is 0 Å². The molecule has 0 bridgehead atoms. The molecule has 0 aliphatic carbocycles. The number of nitrogens with zero attached hydrogens (tertiary/aromatic N) is 1. The molecule has 0 rings (SSSR count). The highest BCUT2D eigenvalue weighted by atomic mass is 19.4. The molecule has 0 radical (unpaired) electrons. The van der Waals surface area contributed by atoms with Crippen LogP contribution < -0.4 is 5.32 Å². The molecular weight excluding hydrogens is 205 g/mol. The summed E-state index contributed by atoms with van der Waals surface area (Å²) < 4.78 is 35.3. The first kappa shape index (κ1) is 14.2. The van der Waals surface area contributed by atoms with Crippen LogP contribution in [-0.2, 0) is 0 Å². The van der Waals surface area contributed by atoms with Crippen molar-refractivity contribution < 1.29 is 13.2 Å². The number of halogens is 3. The average molecular weight is 222 g/mol. The molecule has 0 aromatic rings. The van der Waals surface area contributed by atoms with E-state index < -0.39 is 12.7 Å². The second-order valence-corrected chi connectivity index (χ2v) is 3.13. The van der Waals surface area contributed by atoms with E-state index >= 15 is 0 Å². The van der Waals surface area contributed by atoms with Crippen molar-refractivity contribution in [3.63, 3.8) is 0 Å². The lowest BCUT2D eigenvalue weighted by atomic mass is 10.4. The molecule has 1 N–H and O–H groups in total. The van der Waals surface area contributed by atoms with Crippen LogP contribution in [0, 0.1) is 0 Å². The van der Waals surface area contributed by atoms with E-state index in [-0.39, 0.29) is 0 Å². The second-order valence-electron chi connectivity index (χ2n) is 3.13. The van der Waals surface area contributed by atoms with Gasteiger partial charge in [-0.05, 0) is 0 Å². The van der Waals surface area contributed by atoms with Crippen LogP contribution in [0.25, 0.3) is 0 Å². The molecular formula is C10H17F3N2. The van der Waals surface area contributed by atoms with E-state index in [4.69, 9.17) is 0 Å². The summed E-state index contributed by atoms with van der Waals surface area (Å²) in [5.74, 6) is 0. The van der Waals surface area contributed by atoms with Crippen LogP contribution in [0.3, 0.4) is 0 Å². The molecule has 0 amide bonds. The molecule has 0 saturated carbocycles. The minimum atomic E-state index is -4.14. The molecule has 0 heterocycles. The summed E-state index contributed by atoms with van der Waals surface area (Å²) in [4.78, 5) is 1.95. The fourth-order valence-electron chi connectivity index (χ4n) is 1.09. The Morgan fingerprint density at radius 1 is 1.13 bits per heavy atom. The van der Waals surface area contributed by atoms with Crippen LogP contribution in [0.2, 0.25) is 0 Å². The lowest BCUT2D eigenvalue weighted by Gasteiger charge is -2.19. The predicted octanol–water partition coefficient (Wildman–Crippen LogP) is 1.81. The number of hydrogen-bond acceptors (Lipinski definition) is 2. The number of nitrogens with one attached hydrogen (secondary N) is 1. The minimum Gasteiger partial charge on any atom is -0.307 e. The van der Waals surface area contributed by atoms with E-state index in [1.807, 2.05) is 4.90 Å². The van der Waals surface area contributed by atoms with Gasteiger partial charge in [0.2, 0.25) is 0 Å². The molecule has 0 spiro atoms. The lowest BCUT2D eigenvalue weighted by molar-refractivity contribution is -0.124. The van der Waals surface area contributed by atoms with Crippen LogP contribution in [0.4, 0.5) is 13.2 Å². The summed E-state index contributed by atoms with van der Waals surface area (Å²) in [6, 6.07) is 0. The highest BCUT2D eigenvalue weighted by Gasteiger charge is 2.25. The SMILES string of the molecule is C=CCN(CC=C)CCNCC(F)(F)F. The van der Waals surface area contributed by atoms with E-state index in [0.717, 1.165) is 0 Å². The van der Waals surface area contributed by atoms with Gasteiger partial charge < -0.3 is 5.32 Å². The van der Waals surface area contributed by atoms with Crippen molar-refractivity contribution in [1.82, 2.24) is 10.2 Å². The summed E-state index contributed by atoms with van der Waals surface area (Å²) in [5, 5.41) is 2.34. The van der Waals surface area contributed by atoms with Crippen molar-refractivity contribution in [2.24, 2.45) is 0 Å². The van der Waals surface area contributed by atoms with Gasteiger partial charge in [-0.2, -0.15) is 13.2 Å². The Bertz CT molecular complexity index is 180. The summed E-state index contributed by atoms with van der Waals surface area (Å²) >= 11 is 0. The van der Waals surface area contributed by atoms with Crippen LogP contribution in [-0.4, -0.2) is 43.8 Å². The third kappa shape index (κ3) is 9.49. The minimum absolute atomic E-state index is 0.307. The van der Waals surface area contributed by atoms with E-state index in [0.29, 0.717) is 26.2 Å². The summed E-state index contributed by atoms with van der Waals surface area (Å²) in [5.41, 5.74) is 0. The van der Waals surface area contributed by atoms with Gasteiger partial charge >= 0.3 is 6.18 Å². The van der Waals surface area contributed by atoms with Gasteiger partial charge in [0.15, 0.2) is 0 Å². The Morgan fingerprint density at radius 3 is 2.07 bits per heavy atom. The van der Waals surface area contributed by atoms with Gasteiger partial charge in [-0.25, -0.2) is 0 Å². The molecule has 88 valence electrons. The average Bonchev–Trinajstić information content (AvgIpc) is 2.11. The number of alkyl halides is 3. The normalized spacial score (nSPS) is 11.7. The Hall–Kier alpha value is -0.810. The Morgan fingerprint density at radius 2 is 1.67 bits per heavy atom. The Labute approximate surface area is 88.5 Å². The third-order valence-corrected chi connectivity index (χ3v) is 1.70. The molecule has 15 heavy (non-hydrogen) atoms. The zero-order valence-corrected chi connectivity index (χ0v) is 8.69. The van der Waals surface area contributed by atoms with E-state index in [9.17, 15) is 13.2 Å². The van der Waals surface area contributed by atoms with Crippen LogP contribution in [0.15, 0.2) is 25.3 Å². The first-order valence-corrected chi connectivity index (χ1v) is 4.71. The monoisotopic (exact) mass is 222 g/mol. The highest BCUT2D eigenvalue weighted by molar-refractivity contribution is 4.80. The van der Waals surface area contributed by atoms with Gasteiger partial charge in [-0.15, -0.1) is 13.2 Å². The molecule has 0 aromatic carbocycles.